The van der Waals surface area contributed by atoms with Gasteiger partial charge in [0.1, 0.15) is 11.1 Å². The van der Waals surface area contributed by atoms with Crippen LogP contribution in [0.5, 0.6) is 0 Å². The summed E-state index contributed by atoms with van der Waals surface area (Å²) < 4.78 is 0. The van der Waals surface area contributed by atoms with Crippen molar-refractivity contribution in [2.45, 2.75) is 12.5 Å². The van der Waals surface area contributed by atoms with E-state index in [0.29, 0.717) is 11.4 Å². The number of aliphatic hydroxyl groups is 1. The van der Waals surface area contributed by atoms with Gasteiger partial charge >= 0.3 is 6.09 Å². The van der Waals surface area contributed by atoms with Gasteiger partial charge in [0.05, 0.1) is 0 Å². The molecule has 0 saturated carbocycles. The predicted octanol–water partition coefficient (Wildman–Crippen LogP) is 0.834. The maximum absolute atomic E-state index is 10.1. The van der Waals surface area contributed by atoms with Crippen LogP contribution < -0.4 is 5.32 Å². The molecule has 1 aromatic heterocycles. The van der Waals surface area contributed by atoms with E-state index in [9.17, 15) is 9.90 Å². The first-order chi connectivity index (χ1) is 6.20. The van der Waals surface area contributed by atoms with E-state index in [1.165, 1.54) is 11.3 Å². The molecule has 1 amide bonds. The van der Waals surface area contributed by atoms with Gasteiger partial charge in [-0.05, 0) is 6.42 Å². The summed E-state index contributed by atoms with van der Waals surface area (Å²) in [5.74, 6) is 0. The molecule has 0 aliphatic carbocycles. The third kappa shape index (κ3) is 3.39. The molecule has 0 aromatic carbocycles. The molecule has 1 atom stereocenters. The normalized spacial score (nSPS) is 12.4. The average molecular weight is 202 g/mol. The topological polar surface area (TPSA) is 82.5 Å². The first-order valence-corrected chi connectivity index (χ1v) is 4.62. The number of aromatic nitrogens is 1. The highest BCUT2D eigenvalue weighted by molar-refractivity contribution is 7.09. The van der Waals surface area contributed by atoms with Crippen LogP contribution in [0.25, 0.3) is 0 Å². The molecular weight excluding hydrogens is 192 g/mol. The van der Waals surface area contributed by atoms with Crippen LogP contribution in [-0.2, 0) is 0 Å². The van der Waals surface area contributed by atoms with Crippen LogP contribution in [0, 0.1) is 0 Å². The Hall–Kier alpha value is -1.14. The monoisotopic (exact) mass is 202 g/mol. The number of thiazole rings is 1. The number of hydrogen-bond acceptors (Lipinski definition) is 4. The van der Waals surface area contributed by atoms with Crippen molar-refractivity contribution in [3.8, 4) is 0 Å². The average Bonchev–Trinajstić information content (AvgIpc) is 2.55. The van der Waals surface area contributed by atoms with Gasteiger partial charge in [0.25, 0.3) is 0 Å². The number of hydrogen-bond donors (Lipinski definition) is 3. The maximum atomic E-state index is 10.1. The van der Waals surface area contributed by atoms with Gasteiger partial charge in [-0.15, -0.1) is 11.3 Å². The Balaban J connectivity index is 2.26. The lowest BCUT2D eigenvalue weighted by Gasteiger charge is -2.06. The van der Waals surface area contributed by atoms with Crippen molar-refractivity contribution in [1.82, 2.24) is 10.3 Å². The lowest BCUT2D eigenvalue weighted by atomic mass is 10.2. The summed E-state index contributed by atoms with van der Waals surface area (Å²) in [5, 5.41) is 22.2. The summed E-state index contributed by atoms with van der Waals surface area (Å²) in [7, 11) is 0. The summed E-state index contributed by atoms with van der Waals surface area (Å²) in [6.45, 7) is 0.232. The lowest BCUT2D eigenvalue weighted by Crippen LogP contribution is -2.23. The Labute approximate surface area is 79.1 Å². The van der Waals surface area contributed by atoms with Crippen molar-refractivity contribution in [2.24, 2.45) is 0 Å². The third-order valence-electron chi connectivity index (χ3n) is 1.43. The number of rotatable bonds is 4. The number of carboxylic acid groups (broad SMARTS) is 1. The highest BCUT2D eigenvalue weighted by Gasteiger charge is 2.09. The zero-order valence-electron chi connectivity index (χ0n) is 6.80. The largest absolute Gasteiger partial charge is 0.465 e. The van der Waals surface area contributed by atoms with Crippen LogP contribution in [0.2, 0.25) is 0 Å². The molecule has 3 N–H and O–H groups in total. The van der Waals surface area contributed by atoms with Crippen LogP contribution in [0.3, 0.4) is 0 Å². The van der Waals surface area contributed by atoms with Crippen molar-refractivity contribution < 1.29 is 15.0 Å². The highest BCUT2D eigenvalue weighted by atomic mass is 32.1. The SMILES string of the molecule is O=C(O)NCC[C@@H](O)c1nccs1. The van der Waals surface area contributed by atoms with Crippen LogP contribution >= 0.6 is 11.3 Å². The van der Waals surface area contributed by atoms with E-state index in [1.54, 1.807) is 11.6 Å². The van der Waals surface area contributed by atoms with Crippen molar-refractivity contribution in [3.63, 3.8) is 0 Å². The fourth-order valence-electron chi connectivity index (χ4n) is 0.838. The molecule has 0 unspecified atom stereocenters. The summed E-state index contributed by atoms with van der Waals surface area (Å²) in [5.41, 5.74) is 0. The van der Waals surface area contributed by atoms with E-state index in [0.717, 1.165) is 0 Å². The zero-order chi connectivity index (χ0) is 9.68. The van der Waals surface area contributed by atoms with Crippen LogP contribution in [0.4, 0.5) is 4.79 Å². The second-order valence-corrected chi connectivity index (χ2v) is 3.33. The Bertz CT molecular complexity index is 263. The fourth-order valence-corrected chi connectivity index (χ4v) is 1.50. The van der Waals surface area contributed by atoms with E-state index in [-0.39, 0.29) is 6.54 Å². The van der Waals surface area contributed by atoms with Crippen molar-refractivity contribution in [1.29, 1.82) is 0 Å². The molecule has 1 aromatic rings. The number of carbonyl (C=O) groups is 1. The Kier molecular flexibility index (Phi) is 3.66. The van der Waals surface area contributed by atoms with Gasteiger partial charge in [-0.2, -0.15) is 0 Å². The summed E-state index contributed by atoms with van der Waals surface area (Å²) >= 11 is 1.35. The number of amides is 1. The third-order valence-corrected chi connectivity index (χ3v) is 2.31. The van der Waals surface area contributed by atoms with Gasteiger partial charge in [-0.25, -0.2) is 9.78 Å². The summed E-state index contributed by atoms with van der Waals surface area (Å²) in [6.07, 6.45) is 0.200. The molecule has 72 valence electrons. The van der Waals surface area contributed by atoms with Gasteiger partial charge in [0.15, 0.2) is 0 Å². The zero-order valence-corrected chi connectivity index (χ0v) is 7.62. The molecule has 0 radical (unpaired) electrons. The predicted molar refractivity (Wildman–Crippen MR) is 47.7 cm³/mol. The Morgan fingerprint density at radius 1 is 1.77 bits per heavy atom. The molecule has 0 bridgehead atoms. The number of nitrogens with zero attached hydrogens (tertiary/aromatic N) is 1. The smallest absolute Gasteiger partial charge is 0.404 e. The molecule has 6 heteroatoms. The highest BCUT2D eigenvalue weighted by Crippen LogP contribution is 2.17. The van der Waals surface area contributed by atoms with Gasteiger partial charge in [0.2, 0.25) is 0 Å². The maximum Gasteiger partial charge on any atom is 0.404 e. The first-order valence-electron chi connectivity index (χ1n) is 3.74. The second kappa shape index (κ2) is 4.78. The number of aliphatic hydroxyl groups excluding tert-OH is 1. The van der Waals surface area contributed by atoms with Gasteiger partial charge in [-0.1, -0.05) is 0 Å². The fraction of sp³-hybridized carbons (Fsp3) is 0.429. The summed E-state index contributed by atoms with van der Waals surface area (Å²) in [6, 6.07) is 0. The Morgan fingerprint density at radius 3 is 3.08 bits per heavy atom. The van der Waals surface area contributed by atoms with Crippen molar-refractivity contribution in [3.05, 3.63) is 16.6 Å². The van der Waals surface area contributed by atoms with Gasteiger partial charge in [-0.3, -0.25) is 0 Å². The molecule has 1 rings (SSSR count). The summed E-state index contributed by atoms with van der Waals surface area (Å²) in [4.78, 5) is 14.0. The molecule has 13 heavy (non-hydrogen) atoms. The number of nitrogens with one attached hydrogen (secondary N) is 1. The molecule has 0 spiro atoms. The van der Waals surface area contributed by atoms with Gasteiger partial charge < -0.3 is 15.5 Å². The van der Waals surface area contributed by atoms with E-state index < -0.39 is 12.2 Å². The minimum absolute atomic E-state index is 0.232. The van der Waals surface area contributed by atoms with E-state index in [4.69, 9.17) is 5.11 Å². The van der Waals surface area contributed by atoms with Crippen LogP contribution in [-0.4, -0.2) is 27.8 Å². The molecule has 0 aliphatic heterocycles. The lowest BCUT2D eigenvalue weighted by molar-refractivity contribution is 0.162. The van der Waals surface area contributed by atoms with E-state index >= 15 is 0 Å². The van der Waals surface area contributed by atoms with Gasteiger partial charge in [0, 0.05) is 18.1 Å². The van der Waals surface area contributed by atoms with Crippen LogP contribution in [0.15, 0.2) is 11.6 Å². The molecule has 0 fully saturated rings. The molecule has 0 aliphatic rings. The standard InChI is InChI=1S/C7H10N2O3S/c10-5(1-2-9-7(11)12)6-8-3-4-13-6/h3-5,9-10H,1-2H2,(H,11,12)/t5-/m1/s1. The Morgan fingerprint density at radius 2 is 2.54 bits per heavy atom. The van der Waals surface area contributed by atoms with Crippen LogP contribution in [0.1, 0.15) is 17.5 Å². The molecule has 5 nitrogen and oxygen atoms in total. The quantitative estimate of drug-likeness (QED) is 0.675. The minimum Gasteiger partial charge on any atom is -0.465 e. The van der Waals surface area contributed by atoms with Crippen molar-refractivity contribution >= 4 is 17.4 Å². The van der Waals surface area contributed by atoms with Crippen molar-refractivity contribution in [2.75, 3.05) is 6.54 Å². The minimum atomic E-state index is -1.08. The van der Waals surface area contributed by atoms with E-state index in [2.05, 4.69) is 10.3 Å². The van der Waals surface area contributed by atoms with E-state index in [1.807, 2.05) is 0 Å². The first kappa shape index (κ1) is 9.94. The molecular formula is C7H10N2O3S. The second-order valence-electron chi connectivity index (χ2n) is 2.41. The molecule has 1 heterocycles. The molecule has 0 saturated heterocycles.